The summed E-state index contributed by atoms with van der Waals surface area (Å²) in [5.41, 5.74) is 0.524. The summed E-state index contributed by atoms with van der Waals surface area (Å²) in [5, 5.41) is 0.580. The molecular formula is C17H21N3O2. The van der Waals surface area contributed by atoms with Crippen molar-refractivity contribution in [1.82, 2.24) is 14.9 Å². The van der Waals surface area contributed by atoms with Gasteiger partial charge in [0.2, 0.25) is 5.91 Å². The summed E-state index contributed by atoms with van der Waals surface area (Å²) in [6.07, 6.45) is 4.24. The number of hydrogen-bond acceptors (Lipinski definition) is 3. The number of hydrogen-bond donors (Lipinski definition) is 1. The maximum atomic E-state index is 12.5. The fraction of sp³-hybridized carbons (Fsp3) is 0.471. The molecule has 1 aliphatic carbocycles. The number of H-pyrrole nitrogens is 1. The van der Waals surface area contributed by atoms with Crippen molar-refractivity contribution in [2.75, 3.05) is 6.54 Å². The normalized spacial score (nSPS) is 15.3. The third-order valence-electron chi connectivity index (χ3n) is 4.40. The predicted molar refractivity (Wildman–Crippen MR) is 85.4 cm³/mol. The number of amides is 1. The first kappa shape index (κ1) is 14.8. The molecule has 22 heavy (non-hydrogen) atoms. The van der Waals surface area contributed by atoms with Crippen LogP contribution in [0.25, 0.3) is 10.9 Å². The molecule has 116 valence electrons. The van der Waals surface area contributed by atoms with E-state index >= 15 is 0 Å². The zero-order valence-electron chi connectivity index (χ0n) is 12.8. The van der Waals surface area contributed by atoms with Crippen LogP contribution in [0.4, 0.5) is 0 Å². The summed E-state index contributed by atoms with van der Waals surface area (Å²) >= 11 is 0. The van der Waals surface area contributed by atoms with Gasteiger partial charge in [0.1, 0.15) is 5.82 Å². The van der Waals surface area contributed by atoms with Gasteiger partial charge in [-0.05, 0) is 31.9 Å². The van der Waals surface area contributed by atoms with Crippen LogP contribution in [0.15, 0.2) is 29.1 Å². The lowest BCUT2D eigenvalue weighted by molar-refractivity contribution is -0.135. The molecule has 0 aliphatic heterocycles. The van der Waals surface area contributed by atoms with Gasteiger partial charge in [-0.3, -0.25) is 9.59 Å². The SMILES string of the molecule is CCN(Cc1nc2ccccc2c(=O)[nH]1)C(=O)C1CCCC1. The number of carbonyl (C=O) groups excluding carboxylic acids is 1. The monoisotopic (exact) mass is 299 g/mol. The van der Waals surface area contributed by atoms with Gasteiger partial charge >= 0.3 is 0 Å². The Hall–Kier alpha value is -2.17. The Balaban J connectivity index is 1.84. The quantitative estimate of drug-likeness (QED) is 0.943. The van der Waals surface area contributed by atoms with E-state index in [1.807, 2.05) is 25.1 Å². The number of nitrogens with one attached hydrogen (secondary N) is 1. The van der Waals surface area contributed by atoms with E-state index in [9.17, 15) is 9.59 Å². The van der Waals surface area contributed by atoms with Crippen molar-refractivity contribution in [3.63, 3.8) is 0 Å². The van der Waals surface area contributed by atoms with Gasteiger partial charge in [-0.25, -0.2) is 4.98 Å². The molecule has 1 aromatic heterocycles. The van der Waals surface area contributed by atoms with Crippen LogP contribution in [0, 0.1) is 5.92 Å². The molecule has 1 amide bonds. The third-order valence-corrected chi connectivity index (χ3v) is 4.40. The molecule has 5 heteroatoms. The number of benzene rings is 1. The minimum atomic E-state index is -0.148. The van der Waals surface area contributed by atoms with E-state index < -0.39 is 0 Å². The number of carbonyl (C=O) groups is 1. The number of rotatable bonds is 4. The molecule has 1 N–H and O–H groups in total. The van der Waals surface area contributed by atoms with Crippen LogP contribution >= 0.6 is 0 Å². The summed E-state index contributed by atoms with van der Waals surface area (Å²) in [5.74, 6) is 0.889. The Morgan fingerprint density at radius 3 is 2.77 bits per heavy atom. The highest BCUT2D eigenvalue weighted by Crippen LogP contribution is 2.26. The van der Waals surface area contributed by atoms with Crippen molar-refractivity contribution >= 4 is 16.8 Å². The van der Waals surface area contributed by atoms with E-state index in [1.165, 1.54) is 0 Å². The van der Waals surface area contributed by atoms with Crippen LogP contribution in [0.2, 0.25) is 0 Å². The van der Waals surface area contributed by atoms with Crippen molar-refractivity contribution in [3.05, 3.63) is 40.4 Å². The topological polar surface area (TPSA) is 66.1 Å². The lowest BCUT2D eigenvalue weighted by Crippen LogP contribution is -2.35. The van der Waals surface area contributed by atoms with Crippen LogP contribution in [-0.4, -0.2) is 27.3 Å². The largest absolute Gasteiger partial charge is 0.335 e. The molecule has 5 nitrogen and oxygen atoms in total. The molecule has 1 heterocycles. The van der Waals surface area contributed by atoms with E-state index in [0.717, 1.165) is 25.7 Å². The van der Waals surface area contributed by atoms with Crippen LogP contribution in [0.1, 0.15) is 38.4 Å². The van der Waals surface area contributed by atoms with Gasteiger partial charge in [0.05, 0.1) is 17.4 Å². The Morgan fingerprint density at radius 2 is 2.05 bits per heavy atom. The first-order chi connectivity index (χ1) is 10.7. The summed E-state index contributed by atoms with van der Waals surface area (Å²) < 4.78 is 0. The Bertz CT molecular complexity index is 732. The van der Waals surface area contributed by atoms with E-state index in [-0.39, 0.29) is 17.4 Å². The molecule has 1 aliphatic rings. The molecule has 2 aromatic rings. The van der Waals surface area contributed by atoms with E-state index in [1.54, 1.807) is 11.0 Å². The smallest absolute Gasteiger partial charge is 0.258 e. The Labute approximate surface area is 129 Å². The van der Waals surface area contributed by atoms with Crippen molar-refractivity contribution in [2.45, 2.75) is 39.2 Å². The van der Waals surface area contributed by atoms with E-state index in [0.29, 0.717) is 29.8 Å². The summed E-state index contributed by atoms with van der Waals surface area (Å²) in [4.78, 5) is 33.7. The van der Waals surface area contributed by atoms with Crippen molar-refractivity contribution in [3.8, 4) is 0 Å². The number of aromatic amines is 1. The number of para-hydroxylation sites is 1. The molecular weight excluding hydrogens is 278 g/mol. The van der Waals surface area contributed by atoms with Gasteiger partial charge in [0.25, 0.3) is 5.56 Å². The average molecular weight is 299 g/mol. The average Bonchev–Trinajstić information content (AvgIpc) is 3.06. The molecule has 1 fully saturated rings. The molecule has 0 atom stereocenters. The van der Waals surface area contributed by atoms with Crippen LogP contribution < -0.4 is 5.56 Å². The van der Waals surface area contributed by atoms with Gasteiger partial charge in [-0.1, -0.05) is 25.0 Å². The first-order valence-electron chi connectivity index (χ1n) is 7.95. The highest BCUT2D eigenvalue weighted by molar-refractivity contribution is 5.79. The fourth-order valence-electron chi connectivity index (χ4n) is 3.17. The molecule has 0 bridgehead atoms. The second kappa shape index (κ2) is 6.30. The number of aromatic nitrogens is 2. The fourth-order valence-corrected chi connectivity index (χ4v) is 3.17. The highest BCUT2D eigenvalue weighted by atomic mass is 16.2. The Morgan fingerprint density at radius 1 is 1.32 bits per heavy atom. The summed E-state index contributed by atoms with van der Waals surface area (Å²) in [7, 11) is 0. The summed E-state index contributed by atoms with van der Waals surface area (Å²) in [6, 6.07) is 7.26. The third kappa shape index (κ3) is 2.89. The lowest BCUT2D eigenvalue weighted by Gasteiger charge is -2.23. The van der Waals surface area contributed by atoms with Gasteiger partial charge in [0, 0.05) is 12.5 Å². The van der Waals surface area contributed by atoms with Crippen LogP contribution in [-0.2, 0) is 11.3 Å². The molecule has 0 unspecified atom stereocenters. The number of nitrogens with zero attached hydrogens (tertiary/aromatic N) is 2. The van der Waals surface area contributed by atoms with Gasteiger partial charge in [-0.2, -0.15) is 0 Å². The van der Waals surface area contributed by atoms with Crippen LogP contribution in [0.3, 0.4) is 0 Å². The lowest BCUT2D eigenvalue weighted by atomic mass is 10.1. The molecule has 1 aromatic carbocycles. The molecule has 3 rings (SSSR count). The second-order valence-corrected chi connectivity index (χ2v) is 5.86. The van der Waals surface area contributed by atoms with Gasteiger partial charge in [0.15, 0.2) is 0 Å². The zero-order valence-corrected chi connectivity index (χ0v) is 12.8. The van der Waals surface area contributed by atoms with Crippen molar-refractivity contribution in [2.24, 2.45) is 5.92 Å². The Kier molecular flexibility index (Phi) is 4.22. The molecule has 0 saturated heterocycles. The van der Waals surface area contributed by atoms with Gasteiger partial charge in [-0.15, -0.1) is 0 Å². The second-order valence-electron chi connectivity index (χ2n) is 5.86. The maximum Gasteiger partial charge on any atom is 0.258 e. The number of fused-ring (bicyclic) bond motifs is 1. The van der Waals surface area contributed by atoms with E-state index in [4.69, 9.17) is 0 Å². The standard InChI is InChI=1S/C17H21N3O2/c1-2-20(17(22)12-7-3-4-8-12)11-15-18-14-10-6-5-9-13(14)16(21)19-15/h5-6,9-10,12H,2-4,7-8,11H2,1H3,(H,18,19,21). The minimum Gasteiger partial charge on any atom is -0.335 e. The molecule has 1 saturated carbocycles. The molecule has 0 radical (unpaired) electrons. The van der Waals surface area contributed by atoms with Gasteiger partial charge < -0.3 is 9.88 Å². The molecule has 0 spiro atoms. The van der Waals surface area contributed by atoms with Crippen molar-refractivity contribution < 1.29 is 4.79 Å². The highest BCUT2D eigenvalue weighted by Gasteiger charge is 2.26. The predicted octanol–water partition coefficient (Wildman–Crippen LogP) is 2.46. The van der Waals surface area contributed by atoms with Crippen molar-refractivity contribution in [1.29, 1.82) is 0 Å². The van der Waals surface area contributed by atoms with Crippen LogP contribution in [0.5, 0.6) is 0 Å². The maximum absolute atomic E-state index is 12.5. The van der Waals surface area contributed by atoms with E-state index in [2.05, 4.69) is 9.97 Å². The minimum absolute atomic E-state index is 0.145. The summed E-state index contributed by atoms with van der Waals surface area (Å²) in [6.45, 7) is 2.96. The zero-order chi connectivity index (χ0) is 15.5. The first-order valence-corrected chi connectivity index (χ1v) is 7.95.